The van der Waals surface area contributed by atoms with Gasteiger partial charge in [0.1, 0.15) is 19.0 Å². The minimum Gasteiger partial charge on any atom is -0.486 e. The number of carbonyl (C=O) groups is 1. The topological polar surface area (TPSA) is 35.5 Å². The highest BCUT2D eigenvalue weighted by atomic mass is 79.9. The zero-order valence-corrected chi connectivity index (χ0v) is 13.0. The fraction of sp³-hybridized carbons (Fsp3) is 0.133. The van der Waals surface area contributed by atoms with Crippen LogP contribution in [0.3, 0.4) is 0 Å². The van der Waals surface area contributed by atoms with Crippen molar-refractivity contribution in [3.8, 4) is 11.5 Å². The predicted octanol–water partition coefficient (Wildman–Crippen LogP) is 4.24. The molecule has 0 spiro atoms. The van der Waals surface area contributed by atoms with E-state index in [0.29, 0.717) is 34.7 Å². The molecule has 1 heterocycles. The molecule has 0 saturated carbocycles. The molecule has 108 valence electrons. The van der Waals surface area contributed by atoms with Gasteiger partial charge < -0.3 is 9.47 Å². The van der Waals surface area contributed by atoms with Crippen LogP contribution in [0.1, 0.15) is 15.9 Å². The van der Waals surface area contributed by atoms with Gasteiger partial charge in [0.05, 0.1) is 5.02 Å². The summed E-state index contributed by atoms with van der Waals surface area (Å²) in [6.45, 7) is 0.864. The molecule has 0 N–H and O–H groups in total. The molecule has 0 unspecified atom stereocenters. The van der Waals surface area contributed by atoms with Crippen molar-refractivity contribution < 1.29 is 18.7 Å². The molecule has 0 aromatic heterocycles. The van der Waals surface area contributed by atoms with Crippen molar-refractivity contribution in [2.45, 2.75) is 0 Å². The third-order valence-electron chi connectivity index (χ3n) is 3.05. The van der Waals surface area contributed by atoms with Crippen molar-refractivity contribution in [1.29, 1.82) is 0 Å². The Morgan fingerprint density at radius 3 is 2.43 bits per heavy atom. The van der Waals surface area contributed by atoms with Crippen molar-refractivity contribution in [2.75, 3.05) is 13.2 Å². The average Bonchev–Trinajstić information content (AvgIpc) is 2.46. The summed E-state index contributed by atoms with van der Waals surface area (Å²) in [6, 6.07) is 6.98. The molecule has 0 atom stereocenters. The van der Waals surface area contributed by atoms with Crippen LogP contribution in [0.2, 0.25) is 5.02 Å². The summed E-state index contributed by atoms with van der Waals surface area (Å²) in [5.74, 6) is 0.253. The van der Waals surface area contributed by atoms with Gasteiger partial charge >= 0.3 is 0 Å². The number of ether oxygens (including phenoxy) is 2. The summed E-state index contributed by atoms with van der Waals surface area (Å²) in [4.78, 5) is 12.6. The Balaban J connectivity index is 2.05. The number of carbonyl (C=O) groups excluding carboxylic acids is 1. The van der Waals surface area contributed by atoms with Gasteiger partial charge in [-0.05, 0) is 40.2 Å². The van der Waals surface area contributed by atoms with E-state index in [1.54, 1.807) is 12.1 Å². The normalized spacial score (nSPS) is 13.1. The zero-order valence-electron chi connectivity index (χ0n) is 10.7. The highest BCUT2D eigenvalue weighted by molar-refractivity contribution is 9.10. The lowest BCUT2D eigenvalue weighted by molar-refractivity contribution is 0.103. The molecule has 6 heteroatoms. The van der Waals surface area contributed by atoms with Gasteiger partial charge in [-0.15, -0.1) is 0 Å². The fourth-order valence-corrected chi connectivity index (χ4v) is 2.83. The summed E-state index contributed by atoms with van der Waals surface area (Å²) < 4.78 is 24.3. The summed E-state index contributed by atoms with van der Waals surface area (Å²) in [7, 11) is 0. The molecular formula is C15H9BrClFO3. The van der Waals surface area contributed by atoms with Crippen LogP contribution in [-0.4, -0.2) is 19.0 Å². The number of fused-ring (bicyclic) bond motifs is 1. The minimum atomic E-state index is -0.424. The first-order chi connectivity index (χ1) is 10.1. The highest BCUT2D eigenvalue weighted by Gasteiger charge is 2.21. The van der Waals surface area contributed by atoms with Crippen LogP contribution in [0.25, 0.3) is 0 Å². The molecule has 0 radical (unpaired) electrons. The Hall–Kier alpha value is -1.59. The third-order valence-corrected chi connectivity index (χ3v) is 4.02. The van der Waals surface area contributed by atoms with E-state index in [1.807, 2.05) is 0 Å². The van der Waals surface area contributed by atoms with Gasteiger partial charge in [0.2, 0.25) is 0 Å². The first-order valence-corrected chi connectivity index (χ1v) is 7.32. The lowest BCUT2D eigenvalue weighted by Crippen LogP contribution is -2.16. The number of halogens is 3. The third kappa shape index (κ3) is 2.76. The Morgan fingerprint density at radius 1 is 1.10 bits per heavy atom. The number of ketones is 1. The molecule has 0 bridgehead atoms. The summed E-state index contributed by atoms with van der Waals surface area (Å²) in [6.07, 6.45) is 0. The number of hydrogen-bond donors (Lipinski definition) is 0. The van der Waals surface area contributed by atoms with Crippen molar-refractivity contribution in [3.63, 3.8) is 0 Å². The second-order valence-electron chi connectivity index (χ2n) is 4.43. The Bertz CT molecular complexity index is 733. The second kappa shape index (κ2) is 5.66. The highest BCUT2D eigenvalue weighted by Crippen LogP contribution is 2.36. The van der Waals surface area contributed by atoms with E-state index in [4.69, 9.17) is 21.1 Å². The maximum atomic E-state index is 13.1. The first-order valence-electron chi connectivity index (χ1n) is 6.15. The van der Waals surface area contributed by atoms with Gasteiger partial charge in [0.15, 0.2) is 17.3 Å². The monoisotopic (exact) mass is 370 g/mol. The van der Waals surface area contributed by atoms with Crippen LogP contribution >= 0.6 is 27.5 Å². The van der Waals surface area contributed by atoms with E-state index in [2.05, 4.69) is 15.9 Å². The molecule has 3 rings (SSSR count). The molecule has 0 saturated heterocycles. The van der Waals surface area contributed by atoms with Crippen molar-refractivity contribution in [3.05, 3.63) is 56.8 Å². The van der Waals surface area contributed by atoms with Gasteiger partial charge in [0.25, 0.3) is 0 Å². The van der Waals surface area contributed by atoms with Crippen LogP contribution in [-0.2, 0) is 0 Å². The molecule has 0 fully saturated rings. The summed E-state index contributed by atoms with van der Waals surface area (Å²) >= 11 is 9.33. The van der Waals surface area contributed by atoms with Crippen LogP contribution in [0, 0.1) is 5.82 Å². The van der Waals surface area contributed by atoms with Gasteiger partial charge in [-0.2, -0.15) is 0 Å². The smallest absolute Gasteiger partial charge is 0.195 e. The second-order valence-corrected chi connectivity index (χ2v) is 5.69. The molecule has 2 aromatic carbocycles. The van der Waals surface area contributed by atoms with Crippen molar-refractivity contribution in [1.82, 2.24) is 0 Å². The number of benzene rings is 2. The average molecular weight is 372 g/mol. The minimum absolute atomic E-state index is 0.264. The first kappa shape index (κ1) is 14.4. The number of hydrogen-bond acceptors (Lipinski definition) is 3. The summed E-state index contributed by atoms with van der Waals surface area (Å²) in [5.41, 5.74) is 0.614. The Kier molecular flexibility index (Phi) is 3.87. The summed E-state index contributed by atoms with van der Waals surface area (Å²) in [5, 5.41) is 0.264. The maximum absolute atomic E-state index is 13.1. The van der Waals surface area contributed by atoms with E-state index in [-0.39, 0.29) is 16.4 Å². The SMILES string of the molecule is O=C(c1cc2c(cc1Cl)OCCO2)c1ccc(F)cc1Br. The molecule has 1 aliphatic rings. The van der Waals surface area contributed by atoms with E-state index < -0.39 is 5.82 Å². The van der Waals surface area contributed by atoms with Gasteiger partial charge in [-0.25, -0.2) is 4.39 Å². The maximum Gasteiger partial charge on any atom is 0.195 e. The largest absolute Gasteiger partial charge is 0.486 e. The van der Waals surface area contributed by atoms with Crippen molar-refractivity contribution >= 4 is 33.3 Å². The zero-order chi connectivity index (χ0) is 15.0. The molecule has 1 aliphatic heterocycles. The molecule has 0 aliphatic carbocycles. The molecular weight excluding hydrogens is 363 g/mol. The van der Waals surface area contributed by atoms with Crippen LogP contribution in [0.15, 0.2) is 34.8 Å². The standard InChI is InChI=1S/C15H9BrClFO3/c16-11-5-8(18)1-2-9(11)15(19)10-6-13-14(7-12(10)17)21-4-3-20-13/h1-2,5-7H,3-4H2. The van der Waals surface area contributed by atoms with Crippen LogP contribution in [0.5, 0.6) is 11.5 Å². The van der Waals surface area contributed by atoms with Crippen LogP contribution in [0.4, 0.5) is 4.39 Å². The lowest BCUT2D eigenvalue weighted by atomic mass is 10.0. The fourth-order valence-electron chi connectivity index (χ4n) is 2.06. The van der Waals surface area contributed by atoms with E-state index in [1.165, 1.54) is 18.2 Å². The predicted molar refractivity (Wildman–Crippen MR) is 80.0 cm³/mol. The molecule has 0 amide bonds. The Morgan fingerprint density at radius 2 is 1.76 bits per heavy atom. The lowest BCUT2D eigenvalue weighted by Gasteiger charge is -2.19. The quantitative estimate of drug-likeness (QED) is 0.741. The van der Waals surface area contributed by atoms with E-state index >= 15 is 0 Å². The molecule has 3 nitrogen and oxygen atoms in total. The van der Waals surface area contributed by atoms with Crippen LogP contribution < -0.4 is 9.47 Å². The molecule has 21 heavy (non-hydrogen) atoms. The van der Waals surface area contributed by atoms with Crippen molar-refractivity contribution in [2.24, 2.45) is 0 Å². The number of rotatable bonds is 2. The Labute approximate surface area is 133 Å². The van der Waals surface area contributed by atoms with Gasteiger partial charge in [-0.3, -0.25) is 4.79 Å². The van der Waals surface area contributed by atoms with Gasteiger partial charge in [-0.1, -0.05) is 11.6 Å². The molecule has 2 aromatic rings. The van der Waals surface area contributed by atoms with Gasteiger partial charge in [0, 0.05) is 21.7 Å². The van der Waals surface area contributed by atoms with E-state index in [9.17, 15) is 9.18 Å². The van der Waals surface area contributed by atoms with E-state index in [0.717, 1.165) is 0 Å².